The maximum atomic E-state index is 4.58. The van der Waals surface area contributed by atoms with Gasteiger partial charge in [-0.2, -0.15) is 0 Å². The second-order valence-electron chi connectivity index (χ2n) is 5.74. The van der Waals surface area contributed by atoms with Crippen molar-refractivity contribution < 1.29 is 0 Å². The number of fused-ring (bicyclic) bond motifs is 1. The lowest BCUT2D eigenvalue weighted by Gasteiger charge is -2.21. The molecule has 0 radical (unpaired) electrons. The zero-order chi connectivity index (χ0) is 14.2. The van der Waals surface area contributed by atoms with Crippen molar-refractivity contribution in [2.24, 2.45) is 0 Å². The Labute approximate surface area is 117 Å². The van der Waals surface area contributed by atoms with E-state index >= 15 is 0 Å². The number of aromatic amines is 1. The van der Waals surface area contributed by atoms with Crippen LogP contribution in [-0.4, -0.2) is 25.5 Å². The third-order valence-corrected chi connectivity index (χ3v) is 2.85. The Morgan fingerprint density at radius 3 is 2.75 bits per heavy atom. The predicted molar refractivity (Wildman–Crippen MR) is 80.5 cm³/mol. The average molecular weight is 267 g/mol. The highest BCUT2D eigenvalue weighted by molar-refractivity contribution is 5.91. The van der Waals surface area contributed by atoms with E-state index in [4.69, 9.17) is 0 Å². The molecule has 102 valence electrons. The number of hydrogen-bond donors (Lipinski definition) is 2. The largest absolute Gasteiger partial charge is 0.365 e. The van der Waals surface area contributed by atoms with Gasteiger partial charge >= 0.3 is 0 Å². The molecule has 3 rings (SSSR count). The Morgan fingerprint density at radius 1 is 1.10 bits per heavy atom. The van der Waals surface area contributed by atoms with Gasteiger partial charge in [-0.15, -0.1) is 0 Å². The minimum Gasteiger partial charge on any atom is -0.365 e. The van der Waals surface area contributed by atoms with Gasteiger partial charge in [0.2, 0.25) is 0 Å². The van der Waals surface area contributed by atoms with Crippen molar-refractivity contribution in [3.05, 3.63) is 36.8 Å². The van der Waals surface area contributed by atoms with Gasteiger partial charge in [0.1, 0.15) is 11.5 Å². The van der Waals surface area contributed by atoms with Crippen LogP contribution in [0.2, 0.25) is 0 Å². The summed E-state index contributed by atoms with van der Waals surface area (Å²) in [6, 6.07) is 5.81. The molecule has 5 nitrogen and oxygen atoms in total. The zero-order valence-electron chi connectivity index (χ0n) is 11.8. The molecular weight excluding hydrogens is 250 g/mol. The molecule has 2 N–H and O–H groups in total. The summed E-state index contributed by atoms with van der Waals surface area (Å²) in [5.74, 6) is 1.51. The van der Waals surface area contributed by atoms with E-state index in [0.717, 1.165) is 22.4 Å². The van der Waals surface area contributed by atoms with Crippen LogP contribution in [0.3, 0.4) is 0 Å². The van der Waals surface area contributed by atoms with Crippen molar-refractivity contribution in [1.82, 2.24) is 19.9 Å². The van der Waals surface area contributed by atoms with Gasteiger partial charge in [-0.3, -0.25) is 0 Å². The van der Waals surface area contributed by atoms with Gasteiger partial charge in [0.25, 0.3) is 0 Å². The first-order valence-electron chi connectivity index (χ1n) is 6.57. The molecule has 0 unspecified atom stereocenters. The van der Waals surface area contributed by atoms with Crippen molar-refractivity contribution in [2.75, 3.05) is 5.32 Å². The number of aromatic nitrogens is 4. The van der Waals surface area contributed by atoms with E-state index < -0.39 is 0 Å². The molecule has 5 heteroatoms. The monoisotopic (exact) mass is 267 g/mol. The van der Waals surface area contributed by atoms with Gasteiger partial charge in [0, 0.05) is 35.1 Å². The molecule has 0 amide bonds. The van der Waals surface area contributed by atoms with E-state index in [2.05, 4.69) is 46.0 Å². The van der Waals surface area contributed by atoms with Crippen LogP contribution in [-0.2, 0) is 0 Å². The SMILES string of the molecule is CC(C)(C)Nc1ccnc(-c2c[nH]c3ncccc23)n1. The van der Waals surface area contributed by atoms with Crippen molar-refractivity contribution in [3.8, 4) is 11.4 Å². The van der Waals surface area contributed by atoms with Crippen LogP contribution in [0, 0.1) is 0 Å². The molecule has 0 atom stereocenters. The van der Waals surface area contributed by atoms with Crippen LogP contribution >= 0.6 is 0 Å². The fourth-order valence-electron chi connectivity index (χ4n) is 2.08. The summed E-state index contributed by atoms with van der Waals surface area (Å²) in [5, 5.41) is 4.38. The van der Waals surface area contributed by atoms with Crippen LogP contribution < -0.4 is 5.32 Å². The predicted octanol–water partition coefficient (Wildman–Crippen LogP) is 3.23. The first kappa shape index (κ1) is 12.6. The van der Waals surface area contributed by atoms with Gasteiger partial charge in [0.15, 0.2) is 5.82 Å². The summed E-state index contributed by atoms with van der Waals surface area (Å²) in [5.41, 5.74) is 1.78. The van der Waals surface area contributed by atoms with Gasteiger partial charge in [-0.25, -0.2) is 15.0 Å². The molecule has 3 aromatic rings. The Kier molecular flexibility index (Phi) is 2.89. The maximum absolute atomic E-state index is 4.58. The molecule has 3 heterocycles. The molecular formula is C15H17N5. The first-order valence-corrected chi connectivity index (χ1v) is 6.57. The number of nitrogens with zero attached hydrogens (tertiary/aromatic N) is 3. The lowest BCUT2D eigenvalue weighted by atomic mass is 10.1. The molecule has 0 aliphatic rings. The minimum atomic E-state index is -0.0343. The summed E-state index contributed by atoms with van der Waals surface area (Å²) in [6.07, 6.45) is 5.43. The van der Waals surface area contributed by atoms with Gasteiger partial charge in [-0.05, 0) is 39.0 Å². The number of rotatable bonds is 2. The van der Waals surface area contributed by atoms with Crippen LogP contribution in [0.4, 0.5) is 5.82 Å². The third kappa shape index (κ3) is 2.47. The smallest absolute Gasteiger partial charge is 0.163 e. The highest BCUT2D eigenvalue weighted by Crippen LogP contribution is 2.25. The quantitative estimate of drug-likeness (QED) is 0.748. The topological polar surface area (TPSA) is 66.5 Å². The van der Waals surface area contributed by atoms with E-state index in [1.54, 1.807) is 12.4 Å². The van der Waals surface area contributed by atoms with E-state index in [-0.39, 0.29) is 5.54 Å². The maximum Gasteiger partial charge on any atom is 0.163 e. The van der Waals surface area contributed by atoms with Crippen molar-refractivity contribution in [2.45, 2.75) is 26.3 Å². The number of nitrogens with one attached hydrogen (secondary N) is 2. The zero-order valence-corrected chi connectivity index (χ0v) is 11.8. The van der Waals surface area contributed by atoms with Crippen molar-refractivity contribution >= 4 is 16.9 Å². The standard InChI is InChI=1S/C15H17N5/c1-15(2,3)20-12-6-8-17-14(19-12)11-9-18-13-10(11)5-4-7-16-13/h4-9H,1-3H3,(H,16,18)(H,17,19,20). The number of H-pyrrole nitrogens is 1. The summed E-state index contributed by atoms with van der Waals surface area (Å²) in [7, 11) is 0. The molecule has 3 aromatic heterocycles. The Hall–Kier alpha value is -2.43. The summed E-state index contributed by atoms with van der Waals surface area (Å²) in [4.78, 5) is 16.4. The molecule has 0 saturated heterocycles. The van der Waals surface area contributed by atoms with E-state index in [1.165, 1.54) is 0 Å². The van der Waals surface area contributed by atoms with E-state index in [0.29, 0.717) is 5.82 Å². The van der Waals surface area contributed by atoms with Crippen LogP contribution in [0.25, 0.3) is 22.4 Å². The number of hydrogen-bond acceptors (Lipinski definition) is 4. The molecule has 0 saturated carbocycles. The molecule has 0 aliphatic carbocycles. The minimum absolute atomic E-state index is 0.0343. The summed E-state index contributed by atoms with van der Waals surface area (Å²) in [6.45, 7) is 6.30. The Morgan fingerprint density at radius 2 is 1.95 bits per heavy atom. The second kappa shape index (κ2) is 4.59. The number of pyridine rings is 1. The van der Waals surface area contributed by atoms with Crippen molar-refractivity contribution in [1.29, 1.82) is 0 Å². The van der Waals surface area contributed by atoms with Crippen LogP contribution in [0.15, 0.2) is 36.8 Å². The Balaban J connectivity index is 2.04. The van der Waals surface area contributed by atoms with Crippen LogP contribution in [0.5, 0.6) is 0 Å². The lowest BCUT2D eigenvalue weighted by molar-refractivity contribution is 0.630. The molecule has 0 aliphatic heterocycles. The molecule has 0 aromatic carbocycles. The summed E-state index contributed by atoms with van der Waals surface area (Å²) < 4.78 is 0. The lowest BCUT2D eigenvalue weighted by Crippen LogP contribution is -2.26. The second-order valence-corrected chi connectivity index (χ2v) is 5.74. The fourth-order valence-corrected chi connectivity index (χ4v) is 2.08. The first-order chi connectivity index (χ1) is 9.53. The third-order valence-electron chi connectivity index (χ3n) is 2.85. The molecule has 0 spiro atoms. The molecule has 0 bridgehead atoms. The van der Waals surface area contributed by atoms with Gasteiger partial charge in [0.05, 0.1) is 0 Å². The summed E-state index contributed by atoms with van der Waals surface area (Å²) >= 11 is 0. The van der Waals surface area contributed by atoms with E-state index in [1.807, 2.05) is 24.4 Å². The number of anilines is 1. The van der Waals surface area contributed by atoms with Crippen LogP contribution in [0.1, 0.15) is 20.8 Å². The van der Waals surface area contributed by atoms with E-state index in [9.17, 15) is 0 Å². The Bertz CT molecular complexity index is 739. The highest BCUT2D eigenvalue weighted by atomic mass is 15.1. The van der Waals surface area contributed by atoms with Gasteiger partial charge in [-0.1, -0.05) is 0 Å². The molecule has 0 fully saturated rings. The normalized spacial score (nSPS) is 11.8. The molecule has 20 heavy (non-hydrogen) atoms. The van der Waals surface area contributed by atoms with Gasteiger partial charge < -0.3 is 10.3 Å². The fraction of sp³-hybridized carbons (Fsp3) is 0.267. The van der Waals surface area contributed by atoms with Crippen molar-refractivity contribution in [3.63, 3.8) is 0 Å². The highest BCUT2D eigenvalue weighted by Gasteiger charge is 2.13. The average Bonchev–Trinajstić information content (AvgIpc) is 2.81.